The van der Waals surface area contributed by atoms with Crippen LogP contribution in [0, 0.1) is 0 Å². The van der Waals surface area contributed by atoms with Gasteiger partial charge in [0, 0.05) is 28.8 Å². The van der Waals surface area contributed by atoms with Crippen molar-refractivity contribution < 1.29 is 52.7 Å². The number of carbonyl (C=O) groups is 1. The second kappa shape index (κ2) is 15.9. The van der Waals surface area contributed by atoms with E-state index in [-0.39, 0.29) is 30.0 Å². The monoisotopic (exact) mass is 812 g/mol. The van der Waals surface area contributed by atoms with E-state index in [1.54, 1.807) is 53.1 Å². The molecule has 12 nitrogen and oxygen atoms in total. The number of hydrogen-bond donors (Lipinski definition) is 2. The minimum absolute atomic E-state index is 0.109. The van der Waals surface area contributed by atoms with E-state index in [4.69, 9.17) is 4.74 Å². The van der Waals surface area contributed by atoms with Crippen molar-refractivity contribution in [1.29, 1.82) is 0 Å². The number of carbonyl (C=O) groups excluding carboxylic acids is 1. The fourth-order valence-corrected chi connectivity index (χ4v) is 8.07. The molecule has 3 aromatic rings. The van der Waals surface area contributed by atoms with Gasteiger partial charge in [0.1, 0.15) is 16.3 Å². The molecule has 2 aromatic carbocycles. The lowest BCUT2D eigenvalue weighted by Crippen LogP contribution is -2.41. The quantitative estimate of drug-likeness (QED) is 0.154. The van der Waals surface area contributed by atoms with Crippen LogP contribution in [-0.2, 0) is 43.7 Å². The normalized spacial score (nSPS) is 14.8. The van der Waals surface area contributed by atoms with Gasteiger partial charge in [-0.2, -0.15) is 26.3 Å². The predicted molar refractivity (Wildman–Crippen MR) is 186 cm³/mol. The van der Waals surface area contributed by atoms with E-state index in [0.29, 0.717) is 19.0 Å². The summed E-state index contributed by atoms with van der Waals surface area (Å²) in [6.45, 7) is 4.59. The molecule has 1 aromatic heterocycles. The standard InChI is InChI=1S/C32H38F6N6O6S3/c1-30(2,3)50-29(45)44-16-14-23-25(18-44)40-28(31(33,34)35)41-27(23)42-53(48,49)22-11-12-24(26(17-22)52(46,47)32(36,37)38)39-20(13-15-43(4)5)19-51-21-9-7-6-8-10-21/h6-12,17,20,39H,13-16,18-19H2,1-5H3,(H,40,41,42). The molecule has 0 bridgehead atoms. The van der Waals surface area contributed by atoms with Gasteiger partial charge in [0.2, 0.25) is 5.82 Å². The number of thioether (sulfide) groups is 1. The first-order valence-corrected chi connectivity index (χ1v) is 19.8. The van der Waals surface area contributed by atoms with E-state index in [0.717, 1.165) is 21.9 Å². The highest BCUT2D eigenvalue weighted by Gasteiger charge is 2.48. The Morgan fingerprint density at radius 2 is 1.66 bits per heavy atom. The molecule has 0 spiro atoms. The van der Waals surface area contributed by atoms with Crippen LogP contribution in [0.5, 0.6) is 0 Å². The van der Waals surface area contributed by atoms with Gasteiger partial charge in [-0.3, -0.25) is 4.72 Å². The van der Waals surface area contributed by atoms with Crippen molar-refractivity contribution >= 4 is 49.2 Å². The molecule has 1 aliphatic heterocycles. The minimum atomic E-state index is -6.17. The zero-order valence-electron chi connectivity index (χ0n) is 29.2. The number of aromatic nitrogens is 2. The maximum absolute atomic E-state index is 14.0. The first-order chi connectivity index (χ1) is 24.4. The number of amides is 1. The molecule has 21 heteroatoms. The molecule has 2 N–H and O–H groups in total. The third-order valence-electron chi connectivity index (χ3n) is 7.54. The molecule has 1 aliphatic rings. The molecule has 0 saturated heterocycles. The van der Waals surface area contributed by atoms with Crippen molar-refractivity contribution in [2.24, 2.45) is 0 Å². The maximum Gasteiger partial charge on any atom is 0.501 e. The van der Waals surface area contributed by atoms with Crippen LogP contribution < -0.4 is 10.0 Å². The number of nitrogens with one attached hydrogen (secondary N) is 2. The lowest BCUT2D eigenvalue weighted by atomic mass is 10.1. The predicted octanol–water partition coefficient (Wildman–Crippen LogP) is 6.41. The molecular formula is C32H38F6N6O6S3. The Labute approximate surface area is 307 Å². The lowest BCUT2D eigenvalue weighted by molar-refractivity contribution is -0.145. The van der Waals surface area contributed by atoms with Crippen LogP contribution in [0.1, 0.15) is 44.3 Å². The molecule has 0 aliphatic carbocycles. The second-order valence-corrected chi connectivity index (χ2v) is 17.9. The highest BCUT2D eigenvalue weighted by Crippen LogP contribution is 2.38. The third-order valence-corrected chi connectivity index (χ3v) is 11.6. The number of anilines is 2. The molecular weight excluding hydrogens is 775 g/mol. The molecule has 1 amide bonds. The topological polar surface area (TPSA) is 151 Å². The number of benzene rings is 2. The molecule has 0 fully saturated rings. The Hall–Kier alpha value is -3.82. The molecule has 0 saturated carbocycles. The van der Waals surface area contributed by atoms with E-state index in [2.05, 4.69) is 15.3 Å². The molecule has 1 unspecified atom stereocenters. The Bertz CT molecular complexity index is 2010. The van der Waals surface area contributed by atoms with Gasteiger partial charge >= 0.3 is 17.8 Å². The van der Waals surface area contributed by atoms with Crippen LogP contribution in [-0.4, -0.2) is 92.8 Å². The van der Waals surface area contributed by atoms with Gasteiger partial charge in [-0.1, -0.05) is 18.2 Å². The smallest absolute Gasteiger partial charge is 0.444 e. The zero-order chi connectivity index (χ0) is 39.6. The summed E-state index contributed by atoms with van der Waals surface area (Å²) in [6, 6.07) is 10.4. The molecule has 0 radical (unpaired) electrons. The van der Waals surface area contributed by atoms with Gasteiger partial charge in [0.25, 0.3) is 19.9 Å². The highest BCUT2D eigenvalue weighted by atomic mass is 32.2. The largest absolute Gasteiger partial charge is 0.501 e. The van der Waals surface area contributed by atoms with Crippen LogP contribution in [0.2, 0.25) is 0 Å². The van der Waals surface area contributed by atoms with E-state index in [1.807, 2.05) is 21.8 Å². The van der Waals surface area contributed by atoms with Crippen molar-refractivity contribution in [2.45, 2.75) is 78.2 Å². The summed E-state index contributed by atoms with van der Waals surface area (Å²) in [5.41, 5.74) is -7.76. The van der Waals surface area contributed by atoms with Gasteiger partial charge in [0.15, 0.2) is 0 Å². The fourth-order valence-electron chi connectivity index (χ4n) is 4.99. The summed E-state index contributed by atoms with van der Waals surface area (Å²) < 4.78 is 144. The first-order valence-electron chi connectivity index (χ1n) is 15.9. The van der Waals surface area contributed by atoms with Crippen molar-refractivity contribution in [3.63, 3.8) is 0 Å². The number of ether oxygens (including phenoxy) is 1. The number of sulfone groups is 1. The number of hydrogen-bond acceptors (Lipinski definition) is 11. The maximum atomic E-state index is 14.0. The number of halogens is 6. The van der Waals surface area contributed by atoms with Crippen molar-refractivity contribution in [3.05, 3.63) is 65.6 Å². The summed E-state index contributed by atoms with van der Waals surface area (Å²) in [4.78, 5) is 20.9. The lowest BCUT2D eigenvalue weighted by Gasteiger charge is -2.31. The van der Waals surface area contributed by atoms with Crippen molar-refractivity contribution in [3.8, 4) is 0 Å². The molecule has 4 rings (SSSR count). The number of rotatable bonds is 12. The Morgan fingerprint density at radius 3 is 2.25 bits per heavy atom. The first kappa shape index (κ1) is 41.9. The zero-order valence-corrected chi connectivity index (χ0v) is 31.6. The molecule has 2 heterocycles. The van der Waals surface area contributed by atoms with Crippen molar-refractivity contribution in [1.82, 2.24) is 19.8 Å². The van der Waals surface area contributed by atoms with Gasteiger partial charge in [-0.15, -0.1) is 11.8 Å². The summed E-state index contributed by atoms with van der Waals surface area (Å²) in [6.07, 6.45) is -5.90. The van der Waals surface area contributed by atoms with Crippen LogP contribution in [0.3, 0.4) is 0 Å². The SMILES string of the molecule is CN(C)CCC(CSc1ccccc1)Nc1ccc(S(=O)(=O)Nc2nc(C(F)(F)F)nc3c2CCN(C(=O)OC(C)(C)C)C3)cc1S(=O)(=O)C(F)(F)F. The summed E-state index contributed by atoms with van der Waals surface area (Å²) in [7, 11) is -7.71. The Kier molecular flexibility index (Phi) is 12.6. The highest BCUT2D eigenvalue weighted by molar-refractivity contribution is 7.99. The van der Waals surface area contributed by atoms with Crippen LogP contribution in [0.15, 0.2) is 63.2 Å². The van der Waals surface area contributed by atoms with Gasteiger partial charge < -0.3 is 19.9 Å². The number of nitrogens with zero attached hydrogens (tertiary/aromatic N) is 4. The summed E-state index contributed by atoms with van der Waals surface area (Å²) in [5, 5.41) is 2.84. The summed E-state index contributed by atoms with van der Waals surface area (Å²) >= 11 is 1.37. The van der Waals surface area contributed by atoms with Crippen LogP contribution in [0.4, 0.5) is 42.6 Å². The fraction of sp³-hybridized carbons (Fsp3) is 0.469. The molecule has 292 valence electrons. The number of fused-ring (bicyclic) bond motifs is 1. The van der Waals surface area contributed by atoms with Gasteiger partial charge in [-0.25, -0.2) is 31.6 Å². The minimum Gasteiger partial charge on any atom is -0.444 e. The number of alkyl halides is 6. The van der Waals surface area contributed by atoms with E-state index in [9.17, 15) is 48.0 Å². The molecule has 1 atom stereocenters. The van der Waals surface area contributed by atoms with Gasteiger partial charge in [-0.05, 0) is 84.6 Å². The third kappa shape index (κ3) is 10.9. The van der Waals surface area contributed by atoms with E-state index in [1.165, 1.54) is 11.8 Å². The van der Waals surface area contributed by atoms with Crippen molar-refractivity contribution in [2.75, 3.05) is 43.0 Å². The molecule has 53 heavy (non-hydrogen) atoms. The van der Waals surface area contributed by atoms with Crippen LogP contribution in [0.25, 0.3) is 0 Å². The average molecular weight is 813 g/mol. The average Bonchev–Trinajstić information content (AvgIpc) is 3.04. The number of sulfonamides is 1. The summed E-state index contributed by atoms with van der Waals surface area (Å²) in [5.74, 6) is -2.30. The van der Waals surface area contributed by atoms with E-state index < -0.39 is 82.9 Å². The Balaban J connectivity index is 1.74. The van der Waals surface area contributed by atoms with Gasteiger partial charge in [0.05, 0.1) is 22.8 Å². The van der Waals surface area contributed by atoms with Crippen LogP contribution >= 0.6 is 11.8 Å². The van der Waals surface area contributed by atoms with E-state index >= 15 is 0 Å². The Morgan fingerprint density at radius 1 is 1.00 bits per heavy atom. The second-order valence-electron chi connectivity index (χ2n) is 13.2.